The molecule has 3 aromatic rings. The van der Waals surface area contributed by atoms with Crippen LogP contribution in [0.4, 0.5) is 5.69 Å². The van der Waals surface area contributed by atoms with Crippen molar-refractivity contribution in [2.24, 2.45) is 0 Å². The third-order valence-corrected chi connectivity index (χ3v) is 4.78. The second kappa shape index (κ2) is 5.68. The maximum Gasteiger partial charge on any atom is 0.255 e. The van der Waals surface area contributed by atoms with Crippen molar-refractivity contribution in [3.8, 4) is 5.75 Å². The van der Waals surface area contributed by atoms with Gasteiger partial charge in [-0.3, -0.25) is 4.79 Å². The molecule has 0 aliphatic heterocycles. The van der Waals surface area contributed by atoms with Gasteiger partial charge in [-0.05, 0) is 66.1 Å². The third kappa shape index (κ3) is 2.33. The summed E-state index contributed by atoms with van der Waals surface area (Å²) in [7, 11) is 1.63. The minimum Gasteiger partial charge on any atom is -0.496 e. The minimum absolute atomic E-state index is 0.0977. The molecule has 0 fully saturated rings. The summed E-state index contributed by atoms with van der Waals surface area (Å²) in [5.74, 6) is 0.691. The van der Waals surface area contributed by atoms with E-state index in [4.69, 9.17) is 4.74 Å². The molecule has 3 aromatic carbocycles. The lowest BCUT2D eigenvalue weighted by Gasteiger charge is -2.12. The summed E-state index contributed by atoms with van der Waals surface area (Å²) in [5.41, 5.74) is 5.20. The highest BCUT2D eigenvalue weighted by Crippen LogP contribution is 2.35. The zero-order chi connectivity index (χ0) is 16.7. The minimum atomic E-state index is -0.0977. The van der Waals surface area contributed by atoms with Crippen LogP contribution in [0.5, 0.6) is 5.75 Å². The number of ether oxygens (including phenoxy) is 1. The first-order valence-electron chi connectivity index (χ1n) is 8.17. The van der Waals surface area contributed by atoms with Crippen LogP contribution in [0.15, 0.2) is 48.5 Å². The van der Waals surface area contributed by atoms with Crippen molar-refractivity contribution in [3.63, 3.8) is 0 Å². The molecular formula is C21H19NO2. The zero-order valence-electron chi connectivity index (χ0n) is 13.8. The Labute approximate surface area is 141 Å². The predicted molar refractivity (Wildman–Crippen MR) is 97.0 cm³/mol. The highest BCUT2D eigenvalue weighted by atomic mass is 16.5. The molecule has 1 aliphatic carbocycles. The molecule has 1 amide bonds. The Bertz CT molecular complexity index is 949. The van der Waals surface area contributed by atoms with Gasteiger partial charge in [0.1, 0.15) is 5.75 Å². The Morgan fingerprint density at radius 2 is 1.83 bits per heavy atom. The Morgan fingerprint density at radius 3 is 2.58 bits per heavy atom. The van der Waals surface area contributed by atoms with Crippen molar-refractivity contribution in [2.45, 2.75) is 19.8 Å². The maximum atomic E-state index is 12.6. The number of rotatable bonds is 3. The quantitative estimate of drug-likeness (QED) is 0.772. The van der Waals surface area contributed by atoms with Crippen LogP contribution in [0.1, 0.15) is 27.0 Å². The molecule has 24 heavy (non-hydrogen) atoms. The number of hydrogen-bond donors (Lipinski definition) is 1. The third-order valence-electron chi connectivity index (χ3n) is 4.78. The number of hydrogen-bond acceptors (Lipinski definition) is 2. The van der Waals surface area contributed by atoms with E-state index in [1.165, 1.54) is 16.5 Å². The highest BCUT2D eigenvalue weighted by molar-refractivity contribution is 6.10. The van der Waals surface area contributed by atoms with E-state index in [9.17, 15) is 4.79 Å². The van der Waals surface area contributed by atoms with E-state index < -0.39 is 0 Å². The van der Waals surface area contributed by atoms with Crippen LogP contribution in [0.2, 0.25) is 0 Å². The van der Waals surface area contributed by atoms with Gasteiger partial charge in [-0.2, -0.15) is 0 Å². The Balaban J connectivity index is 1.70. The van der Waals surface area contributed by atoms with Crippen LogP contribution < -0.4 is 10.1 Å². The Morgan fingerprint density at radius 1 is 1.04 bits per heavy atom. The summed E-state index contributed by atoms with van der Waals surface area (Å²) in [6.07, 6.45) is 2.17. The van der Waals surface area contributed by atoms with Gasteiger partial charge in [0.05, 0.1) is 7.11 Å². The summed E-state index contributed by atoms with van der Waals surface area (Å²) < 4.78 is 5.26. The Kier molecular flexibility index (Phi) is 3.49. The van der Waals surface area contributed by atoms with E-state index in [2.05, 4.69) is 29.6 Å². The lowest BCUT2D eigenvalue weighted by Crippen LogP contribution is -2.12. The van der Waals surface area contributed by atoms with E-state index in [-0.39, 0.29) is 5.91 Å². The number of aryl methyl sites for hydroxylation is 3. The maximum absolute atomic E-state index is 12.6. The molecular weight excluding hydrogens is 298 g/mol. The number of benzene rings is 3. The molecule has 0 bridgehead atoms. The molecule has 4 rings (SSSR count). The lowest BCUT2D eigenvalue weighted by atomic mass is 10.0. The summed E-state index contributed by atoms with van der Waals surface area (Å²) in [6, 6.07) is 16.0. The lowest BCUT2D eigenvalue weighted by molar-refractivity contribution is 0.102. The van der Waals surface area contributed by atoms with Crippen LogP contribution in [0, 0.1) is 6.92 Å². The first-order chi connectivity index (χ1) is 11.7. The number of anilines is 1. The van der Waals surface area contributed by atoms with E-state index >= 15 is 0 Å². The van der Waals surface area contributed by atoms with Crippen molar-refractivity contribution in [3.05, 3.63) is 70.8 Å². The fourth-order valence-electron chi connectivity index (χ4n) is 3.57. The van der Waals surface area contributed by atoms with Gasteiger partial charge >= 0.3 is 0 Å². The van der Waals surface area contributed by atoms with E-state index in [0.717, 1.165) is 35.2 Å². The topological polar surface area (TPSA) is 38.3 Å². The van der Waals surface area contributed by atoms with Gasteiger partial charge in [0.25, 0.3) is 5.91 Å². The van der Waals surface area contributed by atoms with Gasteiger partial charge in [0.15, 0.2) is 0 Å². The van der Waals surface area contributed by atoms with Gasteiger partial charge in [-0.25, -0.2) is 0 Å². The summed E-state index contributed by atoms with van der Waals surface area (Å²) in [5, 5.41) is 5.50. The summed E-state index contributed by atoms with van der Waals surface area (Å²) in [4.78, 5) is 12.6. The first kappa shape index (κ1) is 14.8. The summed E-state index contributed by atoms with van der Waals surface area (Å²) in [6.45, 7) is 1.94. The Hall–Kier alpha value is -2.81. The SMILES string of the molecule is COc1ccc(C(=O)Nc2ccc3c4c(cccc24)CC3)cc1C. The number of amides is 1. The molecule has 0 aromatic heterocycles. The molecule has 0 unspecified atom stereocenters. The van der Waals surface area contributed by atoms with Gasteiger partial charge in [0.2, 0.25) is 0 Å². The van der Waals surface area contributed by atoms with Crippen LogP contribution in [-0.2, 0) is 12.8 Å². The smallest absolute Gasteiger partial charge is 0.255 e. The highest BCUT2D eigenvalue weighted by Gasteiger charge is 2.17. The molecule has 0 radical (unpaired) electrons. The second-order valence-electron chi connectivity index (χ2n) is 6.25. The molecule has 0 saturated carbocycles. The number of carbonyl (C=O) groups excluding carboxylic acids is 1. The molecule has 1 N–H and O–H groups in total. The van der Waals surface area contributed by atoms with E-state index in [1.807, 2.05) is 25.1 Å². The van der Waals surface area contributed by atoms with Crippen LogP contribution in [0.25, 0.3) is 10.8 Å². The van der Waals surface area contributed by atoms with Gasteiger partial charge in [-0.1, -0.05) is 24.3 Å². The molecule has 0 atom stereocenters. The molecule has 0 spiro atoms. The number of methoxy groups -OCH3 is 1. The normalized spacial score (nSPS) is 12.4. The fourth-order valence-corrected chi connectivity index (χ4v) is 3.57. The molecule has 3 heteroatoms. The van der Waals surface area contributed by atoms with Crippen molar-refractivity contribution in [2.75, 3.05) is 12.4 Å². The molecule has 0 heterocycles. The average molecular weight is 317 g/mol. The van der Waals surface area contributed by atoms with Crippen molar-refractivity contribution < 1.29 is 9.53 Å². The molecule has 0 saturated heterocycles. The van der Waals surface area contributed by atoms with Crippen LogP contribution >= 0.6 is 0 Å². The van der Waals surface area contributed by atoms with E-state index in [1.54, 1.807) is 13.2 Å². The number of carbonyl (C=O) groups is 1. The molecule has 3 nitrogen and oxygen atoms in total. The second-order valence-corrected chi connectivity index (χ2v) is 6.25. The largest absolute Gasteiger partial charge is 0.496 e. The first-order valence-corrected chi connectivity index (χ1v) is 8.17. The van der Waals surface area contributed by atoms with Crippen molar-refractivity contribution >= 4 is 22.4 Å². The van der Waals surface area contributed by atoms with Gasteiger partial charge in [-0.15, -0.1) is 0 Å². The van der Waals surface area contributed by atoms with E-state index in [0.29, 0.717) is 5.56 Å². The van der Waals surface area contributed by atoms with Crippen LogP contribution in [-0.4, -0.2) is 13.0 Å². The van der Waals surface area contributed by atoms with Gasteiger partial charge in [0, 0.05) is 16.6 Å². The standard InChI is InChI=1S/C21H19NO2/c1-13-12-16(9-11-19(13)24-2)21(23)22-18-10-8-15-7-6-14-4-3-5-17(18)20(14)15/h3-5,8-12H,6-7H2,1-2H3,(H,22,23). The average Bonchev–Trinajstić information content (AvgIpc) is 3.02. The number of nitrogens with one attached hydrogen (secondary N) is 1. The monoisotopic (exact) mass is 317 g/mol. The predicted octanol–water partition coefficient (Wildman–Crippen LogP) is 4.51. The van der Waals surface area contributed by atoms with Gasteiger partial charge < -0.3 is 10.1 Å². The summed E-state index contributed by atoms with van der Waals surface area (Å²) >= 11 is 0. The fraction of sp³-hybridized carbons (Fsp3) is 0.190. The van der Waals surface area contributed by atoms with Crippen molar-refractivity contribution in [1.29, 1.82) is 0 Å². The molecule has 1 aliphatic rings. The zero-order valence-corrected chi connectivity index (χ0v) is 13.8. The molecule has 120 valence electrons. The van der Waals surface area contributed by atoms with Crippen molar-refractivity contribution in [1.82, 2.24) is 0 Å². The van der Waals surface area contributed by atoms with Crippen LogP contribution in [0.3, 0.4) is 0 Å².